The lowest BCUT2D eigenvalue weighted by molar-refractivity contribution is -0.115. The Hall–Kier alpha value is -2.13. The third-order valence-electron chi connectivity index (χ3n) is 2.11. The molecule has 24 heavy (non-hydrogen) atoms. The number of pyridine rings is 1. The van der Waals surface area contributed by atoms with Crippen molar-refractivity contribution in [3.63, 3.8) is 0 Å². The number of rotatable bonds is 2. The first-order chi connectivity index (χ1) is 11.1. The molecule has 1 aromatic carbocycles. The molecule has 10 heteroatoms. The Balaban J connectivity index is 0.000000367. The molecule has 0 aliphatic carbocycles. The maximum Gasteiger partial charge on any atom is 0.488 e. The SMILES string of the molecule is CC(N)=O.O=C(O)c1nc(Cl)ccc1Cl.OB(O)c1ccccc1. The monoisotopic (exact) mass is 372 g/mol. The van der Waals surface area contributed by atoms with Crippen LogP contribution in [0.1, 0.15) is 17.4 Å². The Morgan fingerprint density at radius 1 is 1.08 bits per heavy atom. The van der Waals surface area contributed by atoms with Gasteiger partial charge in [-0.2, -0.15) is 0 Å². The van der Waals surface area contributed by atoms with Gasteiger partial charge in [0.1, 0.15) is 5.15 Å². The van der Waals surface area contributed by atoms with Crippen LogP contribution in [0.25, 0.3) is 0 Å². The van der Waals surface area contributed by atoms with E-state index in [-0.39, 0.29) is 21.8 Å². The van der Waals surface area contributed by atoms with E-state index in [2.05, 4.69) is 10.7 Å². The Bertz CT molecular complexity index is 667. The van der Waals surface area contributed by atoms with Gasteiger partial charge in [-0.3, -0.25) is 4.79 Å². The molecule has 2 aromatic rings. The number of hydrogen-bond acceptors (Lipinski definition) is 5. The van der Waals surface area contributed by atoms with Gasteiger partial charge in [0.05, 0.1) is 5.02 Å². The summed E-state index contributed by atoms with van der Waals surface area (Å²) in [4.78, 5) is 23.1. The lowest BCUT2D eigenvalue weighted by Crippen LogP contribution is -2.29. The van der Waals surface area contributed by atoms with Gasteiger partial charge in [0.2, 0.25) is 5.91 Å². The van der Waals surface area contributed by atoms with Gasteiger partial charge in [-0.1, -0.05) is 53.5 Å². The van der Waals surface area contributed by atoms with Gasteiger partial charge in [0.25, 0.3) is 0 Å². The van der Waals surface area contributed by atoms with E-state index in [0.29, 0.717) is 5.46 Å². The molecule has 0 unspecified atom stereocenters. The van der Waals surface area contributed by atoms with Gasteiger partial charge in [-0.15, -0.1) is 0 Å². The van der Waals surface area contributed by atoms with E-state index in [1.54, 1.807) is 24.3 Å². The van der Waals surface area contributed by atoms with Gasteiger partial charge < -0.3 is 20.9 Å². The van der Waals surface area contributed by atoms with Crippen LogP contribution in [0.2, 0.25) is 10.2 Å². The van der Waals surface area contributed by atoms with Crippen LogP contribution in [0.15, 0.2) is 42.5 Å². The van der Waals surface area contributed by atoms with E-state index < -0.39 is 13.1 Å². The third kappa shape index (κ3) is 9.80. The number of aromatic carboxylic acids is 1. The number of nitrogens with zero attached hydrogens (tertiary/aromatic N) is 1. The number of aromatic nitrogens is 1. The first-order valence-corrected chi connectivity index (χ1v) is 7.13. The second-order valence-corrected chi connectivity index (χ2v) is 4.96. The van der Waals surface area contributed by atoms with Crippen LogP contribution in [0.3, 0.4) is 0 Å². The minimum absolute atomic E-state index is 0.0851. The van der Waals surface area contributed by atoms with Crippen molar-refractivity contribution < 1.29 is 24.7 Å². The second kappa shape index (κ2) is 11.4. The summed E-state index contributed by atoms with van der Waals surface area (Å²) in [6, 6.07) is 11.5. The summed E-state index contributed by atoms with van der Waals surface area (Å²) in [5.74, 6) is -1.52. The molecule has 128 valence electrons. The Labute approximate surface area is 148 Å². The average molecular weight is 373 g/mol. The highest BCUT2D eigenvalue weighted by Gasteiger charge is 2.10. The fourth-order valence-corrected chi connectivity index (χ4v) is 1.53. The number of carbonyl (C=O) groups is 2. The van der Waals surface area contributed by atoms with E-state index in [9.17, 15) is 9.59 Å². The normalized spacial score (nSPS) is 8.88. The van der Waals surface area contributed by atoms with Crippen molar-refractivity contribution in [1.29, 1.82) is 0 Å². The van der Waals surface area contributed by atoms with Crippen molar-refractivity contribution >= 4 is 47.7 Å². The fourth-order valence-electron chi connectivity index (χ4n) is 1.19. The van der Waals surface area contributed by atoms with Gasteiger partial charge in [0.15, 0.2) is 5.69 Å². The molecular weight excluding hydrogens is 358 g/mol. The number of carboxylic acid groups (broad SMARTS) is 1. The molecule has 1 amide bonds. The highest BCUT2D eigenvalue weighted by Crippen LogP contribution is 2.16. The van der Waals surface area contributed by atoms with Crippen LogP contribution < -0.4 is 11.2 Å². The summed E-state index contributed by atoms with van der Waals surface area (Å²) in [6.45, 7) is 1.31. The third-order valence-corrected chi connectivity index (χ3v) is 2.63. The Kier molecular flexibility index (Phi) is 10.4. The van der Waals surface area contributed by atoms with Crippen molar-refractivity contribution in [2.24, 2.45) is 5.73 Å². The minimum atomic E-state index is -1.34. The molecule has 0 saturated carbocycles. The van der Waals surface area contributed by atoms with Crippen molar-refractivity contribution in [3.05, 3.63) is 58.3 Å². The fraction of sp³-hybridized carbons (Fsp3) is 0.0714. The van der Waals surface area contributed by atoms with Crippen molar-refractivity contribution in [2.45, 2.75) is 6.92 Å². The van der Waals surface area contributed by atoms with Gasteiger partial charge in [-0.05, 0) is 17.6 Å². The van der Waals surface area contributed by atoms with Crippen LogP contribution in [-0.4, -0.2) is 39.1 Å². The summed E-state index contributed by atoms with van der Waals surface area (Å²) in [5, 5.41) is 25.8. The molecule has 1 aromatic heterocycles. The molecule has 0 atom stereocenters. The lowest BCUT2D eigenvalue weighted by atomic mass is 9.81. The molecule has 0 aliphatic rings. The molecule has 0 aliphatic heterocycles. The summed E-state index contributed by atoms with van der Waals surface area (Å²) >= 11 is 10.9. The van der Waals surface area contributed by atoms with Crippen LogP contribution in [-0.2, 0) is 4.79 Å². The standard InChI is InChI=1S/C6H7BO2.C6H3Cl2NO2.C2H5NO/c8-7(9)6-4-2-1-3-5-6;7-3-1-2-4(8)9-5(3)6(10)11;1-2(3)4/h1-5,8-9H;1-2H,(H,10,11);1H3,(H2,3,4). The molecule has 2 rings (SSSR count). The molecule has 5 N–H and O–H groups in total. The maximum absolute atomic E-state index is 10.4. The summed E-state index contributed by atoms with van der Waals surface area (Å²) in [7, 11) is -1.34. The van der Waals surface area contributed by atoms with E-state index >= 15 is 0 Å². The summed E-state index contributed by atoms with van der Waals surface area (Å²) < 4.78 is 0. The molecule has 0 spiro atoms. The van der Waals surface area contributed by atoms with Crippen molar-refractivity contribution in [2.75, 3.05) is 0 Å². The van der Waals surface area contributed by atoms with Gasteiger partial charge in [0, 0.05) is 6.92 Å². The van der Waals surface area contributed by atoms with Gasteiger partial charge in [-0.25, -0.2) is 9.78 Å². The van der Waals surface area contributed by atoms with Gasteiger partial charge >= 0.3 is 13.1 Å². The predicted octanol–water partition coefficient (Wildman–Crippen LogP) is 0.945. The molecular formula is C14H15BCl2N2O5. The smallest absolute Gasteiger partial charge is 0.476 e. The van der Waals surface area contributed by atoms with Crippen LogP contribution in [0, 0.1) is 0 Å². The number of hydrogen-bond donors (Lipinski definition) is 4. The van der Waals surface area contributed by atoms with Crippen molar-refractivity contribution in [3.8, 4) is 0 Å². The zero-order valence-electron chi connectivity index (χ0n) is 12.6. The quantitative estimate of drug-likeness (QED) is 0.458. The van der Waals surface area contributed by atoms with Crippen LogP contribution in [0.4, 0.5) is 0 Å². The molecule has 0 radical (unpaired) electrons. The number of carbonyl (C=O) groups excluding carboxylic acids is 1. The van der Waals surface area contributed by atoms with Crippen molar-refractivity contribution in [1.82, 2.24) is 4.98 Å². The number of nitrogens with two attached hydrogens (primary N) is 1. The first kappa shape index (κ1) is 21.9. The van der Waals surface area contributed by atoms with E-state index in [0.717, 1.165) is 0 Å². The maximum atomic E-state index is 10.4. The van der Waals surface area contributed by atoms with Crippen LogP contribution >= 0.6 is 23.2 Å². The van der Waals surface area contributed by atoms with E-state index in [1.807, 2.05) is 6.07 Å². The molecule has 0 bridgehead atoms. The Morgan fingerprint density at radius 2 is 1.58 bits per heavy atom. The molecule has 1 heterocycles. The van der Waals surface area contributed by atoms with Crippen LogP contribution in [0.5, 0.6) is 0 Å². The largest absolute Gasteiger partial charge is 0.488 e. The highest BCUT2D eigenvalue weighted by molar-refractivity contribution is 6.58. The summed E-state index contributed by atoms with van der Waals surface area (Å²) in [5.41, 5.74) is 4.77. The Morgan fingerprint density at radius 3 is 1.92 bits per heavy atom. The minimum Gasteiger partial charge on any atom is -0.476 e. The zero-order chi connectivity index (χ0) is 18.7. The second-order valence-electron chi connectivity index (χ2n) is 4.16. The number of halogens is 2. The number of benzene rings is 1. The molecule has 7 nitrogen and oxygen atoms in total. The zero-order valence-corrected chi connectivity index (χ0v) is 14.1. The molecule has 0 saturated heterocycles. The average Bonchev–Trinajstić information content (AvgIpc) is 2.50. The van der Waals surface area contributed by atoms with E-state index in [1.165, 1.54) is 19.1 Å². The predicted molar refractivity (Wildman–Crippen MR) is 92.4 cm³/mol. The summed E-state index contributed by atoms with van der Waals surface area (Å²) in [6.07, 6.45) is 0. The topological polar surface area (TPSA) is 134 Å². The number of amides is 1. The number of primary amides is 1. The van der Waals surface area contributed by atoms with E-state index in [4.69, 9.17) is 38.4 Å². The first-order valence-electron chi connectivity index (χ1n) is 6.37. The lowest BCUT2D eigenvalue weighted by Gasteiger charge is -1.96. The molecule has 0 fully saturated rings. The number of carboxylic acids is 1. The highest BCUT2D eigenvalue weighted by atomic mass is 35.5.